The highest BCUT2D eigenvalue weighted by Crippen LogP contribution is 2.28. The Morgan fingerprint density at radius 1 is 1.19 bits per heavy atom. The van der Waals surface area contributed by atoms with Gasteiger partial charge in [0.15, 0.2) is 0 Å². The van der Waals surface area contributed by atoms with Crippen LogP contribution in [0.15, 0.2) is 47.0 Å². The molecule has 1 aromatic carbocycles. The molecule has 5 nitrogen and oxygen atoms in total. The lowest BCUT2D eigenvalue weighted by Gasteiger charge is -2.24. The number of halogens is 3. The molecule has 1 rings (SSSR count). The van der Waals surface area contributed by atoms with Crippen molar-refractivity contribution in [3.8, 4) is 0 Å². The monoisotopic (exact) mass is 384 g/mol. The Bertz CT molecular complexity index is 698. The normalized spacial score (nSPS) is 12.7. The first-order valence-corrected chi connectivity index (χ1v) is 8.47. The Balaban J connectivity index is 3.19. The van der Waals surface area contributed by atoms with Gasteiger partial charge in [-0.25, -0.2) is 4.79 Å². The number of amides is 1. The van der Waals surface area contributed by atoms with E-state index in [9.17, 15) is 22.8 Å². The van der Waals surface area contributed by atoms with Gasteiger partial charge in [0.25, 0.3) is 0 Å². The van der Waals surface area contributed by atoms with Gasteiger partial charge in [0.1, 0.15) is 0 Å². The lowest BCUT2D eigenvalue weighted by molar-refractivity contribution is -0.159. The smallest absolute Gasteiger partial charge is 0.417 e. The molecule has 1 aromatic rings. The highest BCUT2D eigenvalue weighted by molar-refractivity contribution is 6.32. The van der Waals surface area contributed by atoms with E-state index in [0.717, 1.165) is 11.0 Å². The van der Waals surface area contributed by atoms with Crippen LogP contribution in [0, 0.1) is 0 Å². The van der Waals surface area contributed by atoms with Crippen molar-refractivity contribution in [2.75, 3.05) is 20.2 Å². The molecule has 0 bridgehead atoms. The van der Waals surface area contributed by atoms with Gasteiger partial charge >= 0.3 is 18.1 Å². The summed E-state index contributed by atoms with van der Waals surface area (Å²) in [5, 5.41) is 0. The van der Waals surface area contributed by atoms with E-state index in [-0.39, 0.29) is 25.3 Å². The first-order valence-electron chi connectivity index (χ1n) is 8.47. The standard InChI is InChI=1S/C19H23F3N2O3/c1-4-9-15(19(20,21)22)16(23-3)13-24(17(25)18(26)27-5-2)12-14-10-7-6-8-11-14/h6-11H,4-5,12-13H2,1-3H3/b15-9+,23-16?. The van der Waals surface area contributed by atoms with Crippen LogP contribution in [0.5, 0.6) is 0 Å². The second kappa shape index (κ2) is 10.5. The molecule has 8 heteroatoms. The van der Waals surface area contributed by atoms with Crippen molar-refractivity contribution in [3.05, 3.63) is 47.5 Å². The maximum atomic E-state index is 13.4. The number of hydrogen-bond acceptors (Lipinski definition) is 4. The number of esters is 1. The fraction of sp³-hybridized carbons (Fsp3) is 0.421. The molecule has 0 fully saturated rings. The molecule has 0 heterocycles. The van der Waals surface area contributed by atoms with Crippen LogP contribution >= 0.6 is 0 Å². The van der Waals surface area contributed by atoms with Crippen LogP contribution in [0.1, 0.15) is 25.8 Å². The molecular formula is C19H23F3N2O3. The average molecular weight is 384 g/mol. The molecule has 0 aliphatic heterocycles. The van der Waals surface area contributed by atoms with E-state index in [1.54, 1.807) is 37.3 Å². The zero-order valence-electron chi connectivity index (χ0n) is 15.5. The number of hydrogen-bond donors (Lipinski definition) is 0. The number of aliphatic imine (C=N–C) groups is 1. The zero-order valence-corrected chi connectivity index (χ0v) is 15.5. The van der Waals surface area contributed by atoms with Gasteiger partial charge in [-0.1, -0.05) is 43.3 Å². The average Bonchev–Trinajstić information content (AvgIpc) is 2.63. The molecule has 0 saturated carbocycles. The summed E-state index contributed by atoms with van der Waals surface area (Å²) in [6, 6.07) is 8.65. The second-order valence-corrected chi connectivity index (χ2v) is 5.56. The van der Waals surface area contributed by atoms with Crippen LogP contribution in [-0.2, 0) is 20.9 Å². The molecule has 0 spiro atoms. The maximum absolute atomic E-state index is 13.4. The first-order chi connectivity index (χ1) is 12.7. The Kier molecular flexibility index (Phi) is 8.71. The lowest BCUT2D eigenvalue weighted by atomic mass is 10.1. The molecule has 27 heavy (non-hydrogen) atoms. The predicted octanol–water partition coefficient (Wildman–Crippen LogP) is 3.55. The van der Waals surface area contributed by atoms with Gasteiger partial charge in [0, 0.05) is 13.6 Å². The van der Waals surface area contributed by atoms with Crippen molar-refractivity contribution in [2.24, 2.45) is 4.99 Å². The van der Waals surface area contributed by atoms with E-state index >= 15 is 0 Å². The molecule has 0 aliphatic carbocycles. The molecule has 148 valence electrons. The Hall–Kier alpha value is -2.64. The van der Waals surface area contributed by atoms with Crippen molar-refractivity contribution in [1.29, 1.82) is 0 Å². The first kappa shape index (κ1) is 22.4. The molecular weight excluding hydrogens is 361 g/mol. The topological polar surface area (TPSA) is 59.0 Å². The molecule has 0 radical (unpaired) electrons. The van der Waals surface area contributed by atoms with Gasteiger partial charge in [-0.15, -0.1) is 0 Å². The van der Waals surface area contributed by atoms with Gasteiger partial charge in [0.2, 0.25) is 0 Å². The third kappa shape index (κ3) is 6.88. The van der Waals surface area contributed by atoms with Crippen molar-refractivity contribution in [3.63, 3.8) is 0 Å². The second-order valence-electron chi connectivity index (χ2n) is 5.56. The highest BCUT2D eigenvalue weighted by atomic mass is 19.4. The Morgan fingerprint density at radius 2 is 1.81 bits per heavy atom. The molecule has 0 N–H and O–H groups in total. The summed E-state index contributed by atoms with van der Waals surface area (Å²) in [6.07, 6.45) is -3.45. The van der Waals surface area contributed by atoms with Crippen LogP contribution in [0.4, 0.5) is 13.2 Å². The van der Waals surface area contributed by atoms with Crippen LogP contribution in [0.2, 0.25) is 0 Å². The number of ether oxygens (including phenoxy) is 1. The summed E-state index contributed by atoms with van der Waals surface area (Å²) >= 11 is 0. The minimum absolute atomic E-state index is 0.0119. The van der Waals surface area contributed by atoms with E-state index < -0.39 is 30.2 Å². The molecule has 0 saturated heterocycles. The summed E-state index contributed by atoms with van der Waals surface area (Å²) in [6.45, 7) is 2.59. The fourth-order valence-electron chi connectivity index (χ4n) is 2.38. The number of allylic oxidation sites excluding steroid dienone is 1. The summed E-state index contributed by atoms with van der Waals surface area (Å²) < 4.78 is 44.8. The number of benzene rings is 1. The van der Waals surface area contributed by atoms with E-state index in [1.165, 1.54) is 14.0 Å². The molecule has 0 aliphatic rings. The molecule has 0 unspecified atom stereocenters. The Morgan fingerprint density at radius 3 is 2.30 bits per heavy atom. The van der Waals surface area contributed by atoms with Crippen molar-refractivity contribution >= 4 is 17.6 Å². The summed E-state index contributed by atoms with van der Waals surface area (Å²) in [5.74, 6) is -2.13. The molecule has 0 atom stereocenters. The minimum Gasteiger partial charge on any atom is -0.459 e. The van der Waals surface area contributed by atoms with Gasteiger partial charge in [-0.05, 0) is 18.9 Å². The lowest BCUT2D eigenvalue weighted by Crippen LogP contribution is -2.42. The number of carbonyl (C=O) groups is 2. The van der Waals surface area contributed by atoms with E-state index in [0.29, 0.717) is 5.56 Å². The van der Waals surface area contributed by atoms with Crippen molar-refractivity contribution < 1.29 is 27.5 Å². The van der Waals surface area contributed by atoms with Crippen LogP contribution in [-0.4, -0.2) is 48.9 Å². The minimum atomic E-state index is -4.61. The van der Waals surface area contributed by atoms with E-state index in [4.69, 9.17) is 4.74 Å². The van der Waals surface area contributed by atoms with Crippen LogP contribution in [0.25, 0.3) is 0 Å². The third-order valence-electron chi connectivity index (χ3n) is 3.59. The highest BCUT2D eigenvalue weighted by Gasteiger charge is 2.37. The fourth-order valence-corrected chi connectivity index (χ4v) is 2.38. The number of alkyl halides is 3. The van der Waals surface area contributed by atoms with Gasteiger partial charge in [-0.2, -0.15) is 13.2 Å². The summed E-state index contributed by atoms with van der Waals surface area (Å²) in [4.78, 5) is 29.0. The largest absolute Gasteiger partial charge is 0.459 e. The summed E-state index contributed by atoms with van der Waals surface area (Å²) in [5.41, 5.74) is -0.571. The number of nitrogens with zero attached hydrogens (tertiary/aromatic N) is 2. The zero-order chi connectivity index (χ0) is 20.4. The maximum Gasteiger partial charge on any atom is 0.417 e. The van der Waals surface area contributed by atoms with Gasteiger partial charge < -0.3 is 9.64 Å². The van der Waals surface area contributed by atoms with Crippen molar-refractivity contribution in [2.45, 2.75) is 33.0 Å². The van der Waals surface area contributed by atoms with Gasteiger partial charge in [0.05, 0.1) is 24.4 Å². The third-order valence-corrected chi connectivity index (χ3v) is 3.59. The number of rotatable bonds is 7. The quantitative estimate of drug-likeness (QED) is 0.410. The van der Waals surface area contributed by atoms with E-state index in [1.807, 2.05) is 0 Å². The summed E-state index contributed by atoms with van der Waals surface area (Å²) in [7, 11) is 1.22. The predicted molar refractivity (Wildman–Crippen MR) is 96.3 cm³/mol. The van der Waals surface area contributed by atoms with Crippen LogP contribution in [0.3, 0.4) is 0 Å². The van der Waals surface area contributed by atoms with Crippen molar-refractivity contribution in [1.82, 2.24) is 4.90 Å². The molecule has 0 aromatic heterocycles. The Labute approximate surface area is 156 Å². The molecule has 1 amide bonds. The van der Waals surface area contributed by atoms with E-state index in [2.05, 4.69) is 4.99 Å². The van der Waals surface area contributed by atoms with Gasteiger partial charge in [-0.3, -0.25) is 9.79 Å². The van der Waals surface area contributed by atoms with Crippen LogP contribution < -0.4 is 0 Å². The number of carbonyl (C=O) groups excluding carboxylic acids is 2. The SMILES string of the molecule is CC/C=C(\C(CN(Cc1ccccc1)C(=O)C(=O)OCC)=NC)C(F)(F)F.